The molecule has 0 aromatic heterocycles. The number of rotatable bonds is 10. The van der Waals surface area contributed by atoms with E-state index < -0.39 is 11.9 Å². The number of methoxy groups -OCH3 is 1. The molecular formula is C26H23ClN2O5. The van der Waals surface area contributed by atoms with Crippen molar-refractivity contribution < 1.29 is 23.8 Å². The van der Waals surface area contributed by atoms with E-state index in [2.05, 4.69) is 17.1 Å². The minimum Gasteiger partial charge on any atom is -0.493 e. The molecule has 0 saturated heterocycles. The minimum atomic E-state index is -0.510. The molecule has 8 heteroatoms. The molecular weight excluding hydrogens is 456 g/mol. The Hall–Kier alpha value is -4.10. The number of amides is 1. The molecule has 34 heavy (non-hydrogen) atoms. The van der Waals surface area contributed by atoms with E-state index in [9.17, 15) is 9.59 Å². The van der Waals surface area contributed by atoms with E-state index >= 15 is 0 Å². The van der Waals surface area contributed by atoms with Gasteiger partial charge in [0.25, 0.3) is 5.91 Å². The zero-order valence-corrected chi connectivity index (χ0v) is 19.2. The van der Waals surface area contributed by atoms with Gasteiger partial charge >= 0.3 is 5.97 Å². The first-order valence-electron chi connectivity index (χ1n) is 10.3. The zero-order valence-electron chi connectivity index (χ0n) is 18.5. The van der Waals surface area contributed by atoms with E-state index in [4.69, 9.17) is 25.8 Å². The van der Waals surface area contributed by atoms with Crippen molar-refractivity contribution in [1.29, 1.82) is 0 Å². The highest BCUT2D eigenvalue weighted by molar-refractivity contribution is 6.30. The van der Waals surface area contributed by atoms with Crippen LogP contribution in [0.3, 0.4) is 0 Å². The number of carbonyl (C=O) groups is 2. The van der Waals surface area contributed by atoms with E-state index in [1.54, 1.807) is 60.7 Å². The summed E-state index contributed by atoms with van der Waals surface area (Å²) in [6.45, 7) is 3.47. The molecule has 0 saturated carbocycles. The van der Waals surface area contributed by atoms with Crippen LogP contribution >= 0.6 is 11.6 Å². The number of esters is 1. The number of hydrogen-bond acceptors (Lipinski definition) is 6. The predicted octanol–water partition coefficient (Wildman–Crippen LogP) is 4.83. The quantitative estimate of drug-likeness (QED) is 0.148. The van der Waals surface area contributed by atoms with Crippen LogP contribution in [0.2, 0.25) is 5.02 Å². The van der Waals surface area contributed by atoms with E-state index in [1.807, 2.05) is 12.1 Å². The first-order valence-corrected chi connectivity index (χ1v) is 10.7. The third kappa shape index (κ3) is 7.21. The lowest BCUT2D eigenvalue weighted by Crippen LogP contribution is -2.24. The highest BCUT2D eigenvalue weighted by Gasteiger charge is 2.10. The van der Waals surface area contributed by atoms with Crippen LogP contribution in [0, 0.1) is 0 Å². The lowest BCUT2D eigenvalue weighted by atomic mass is 10.1. The standard InChI is InChI=1S/C26H23ClN2O5/c1-3-5-18-8-13-23(24(15-18)32-2)33-17-25(30)29-28-16-19-6-4-7-22(14-19)34-26(31)20-9-11-21(27)12-10-20/h3-4,6-16H,1,5,17H2,2H3,(H,29,30). The van der Waals surface area contributed by atoms with Gasteiger partial charge in [0.1, 0.15) is 5.75 Å². The van der Waals surface area contributed by atoms with Crippen LogP contribution in [-0.2, 0) is 11.2 Å². The van der Waals surface area contributed by atoms with E-state index in [0.29, 0.717) is 39.8 Å². The fourth-order valence-electron chi connectivity index (χ4n) is 2.89. The van der Waals surface area contributed by atoms with Crippen molar-refractivity contribution in [3.05, 3.63) is 101 Å². The van der Waals surface area contributed by atoms with Gasteiger partial charge in [0.05, 0.1) is 18.9 Å². The lowest BCUT2D eigenvalue weighted by molar-refractivity contribution is -0.123. The second-order valence-electron chi connectivity index (χ2n) is 7.03. The second kappa shape index (κ2) is 12.2. The highest BCUT2D eigenvalue weighted by Crippen LogP contribution is 2.28. The van der Waals surface area contributed by atoms with Gasteiger partial charge in [-0.3, -0.25) is 4.79 Å². The molecule has 0 spiro atoms. The minimum absolute atomic E-state index is 0.243. The SMILES string of the molecule is C=CCc1ccc(OCC(=O)NN=Cc2cccc(OC(=O)c3ccc(Cl)cc3)c2)c(OC)c1. The fraction of sp³-hybridized carbons (Fsp3) is 0.115. The van der Waals surface area contributed by atoms with Crippen molar-refractivity contribution >= 4 is 29.7 Å². The summed E-state index contributed by atoms with van der Waals surface area (Å²) in [5.74, 6) is 0.360. The molecule has 1 N–H and O–H groups in total. The number of ether oxygens (including phenoxy) is 3. The molecule has 174 valence electrons. The van der Waals surface area contributed by atoms with E-state index in [1.165, 1.54) is 13.3 Å². The summed E-state index contributed by atoms with van der Waals surface area (Å²) >= 11 is 5.84. The van der Waals surface area contributed by atoms with Crippen LogP contribution in [0.5, 0.6) is 17.2 Å². The molecule has 0 aliphatic rings. The van der Waals surface area contributed by atoms with Crippen LogP contribution in [0.25, 0.3) is 0 Å². The van der Waals surface area contributed by atoms with Crippen molar-refractivity contribution in [2.24, 2.45) is 5.10 Å². The maximum Gasteiger partial charge on any atom is 0.343 e. The maximum absolute atomic E-state index is 12.2. The van der Waals surface area contributed by atoms with Crippen LogP contribution in [0.1, 0.15) is 21.5 Å². The van der Waals surface area contributed by atoms with E-state index in [-0.39, 0.29) is 6.61 Å². The highest BCUT2D eigenvalue weighted by atomic mass is 35.5. The van der Waals surface area contributed by atoms with Crippen LogP contribution in [0.4, 0.5) is 0 Å². The van der Waals surface area contributed by atoms with Crippen LogP contribution in [-0.4, -0.2) is 31.8 Å². The Morgan fingerprint density at radius 1 is 1.06 bits per heavy atom. The number of benzene rings is 3. The smallest absolute Gasteiger partial charge is 0.343 e. The van der Waals surface area contributed by atoms with Crippen molar-refractivity contribution in [3.63, 3.8) is 0 Å². The molecule has 1 amide bonds. The molecule has 0 aliphatic carbocycles. The molecule has 0 fully saturated rings. The first-order chi connectivity index (χ1) is 16.5. The van der Waals surface area contributed by atoms with Crippen molar-refractivity contribution in [3.8, 4) is 17.2 Å². The first kappa shape index (κ1) is 24.5. The molecule has 0 radical (unpaired) electrons. The Morgan fingerprint density at radius 3 is 2.59 bits per heavy atom. The van der Waals surface area contributed by atoms with Crippen molar-refractivity contribution in [2.45, 2.75) is 6.42 Å². The number of halogens is 1. The molecule has 3 aromatic carbocycles. The number of carbonyl (C=O) groups excluding carboxylic acids is 2. The average Bonchev–Trinajstić information content (AvgIpc) is 2.84. The summed E-state index contributed by atoms with van der Waals surface area (Å²) in [6, 6.07) is 18.6. The number of hydrogen-bond donors (Lipinski definition) is 1. The van der Waals surface area contributed by atoms with Gasteiger partial charge in [0.15, 0.2) is 18.1 Å². The predicted molar refractivity (Wildman–Crippen MR) is 131 cm³/mol. The Bertz CT molecular complexity index is 1190. The van der Waals surface area contributed by atoms with Gasteiger partial charge in [-0.15, -0.1) is 6.58 Å². The van der Waals surface area contributed by atoms with E-state index in [0.717, 1.165) is 5.56 Å². The molecule has 0 bridgehead atoms. The molecule has 0 aliphatic heterocycles. The molecule has 3 aromatic rings. The summed E-state index contributed by atoms with van der Waals surface area (Å²) in [5.41, 5.74) is 4.42. The van der Waals surface area contributed by atoms with Gasteiger partial charge in [-0.2, -0.15) is 5.10 Å². The third-order valence-corrected chi connectivity index (χ3v) is 4.77. The number of allylic oxidation sites excluding steroid dienone is 1. The molecule has 0 unspecified atom stereocenters. The number of hydrazone groups is 1. The summed E-state index contributed by atoms with van der Waals surface area (Å²) in [6.07, 6.45) is 3.93. The normalized spacial score (nSPS) is 10.5. The summed E-state index contributed by atoms with van der Waals surface area (Å²) in [7, 11) is 1.53. The van der Waals surface area contributed by atoms with Gasteiger partial charge in [-0.1, -0.05) is 35.9 Å². The molecule has 7 nitrogen and oxygen atoms in total. The molecule has 3 rings (SSSR count). The van der Waals surface area contributed by atoms with Gasteiger partial charge < -0.3 is 14.2 Å². The maximum atomic E-state index is 12.2. The van der Waals surface area contributed by atoms with Crippen LogP contribution < -0.4 is 19.6 Å². The second-order valence-corrected chi connectivity index (χ2v) is 7.47. The monoisotopic (exact) mass is 478 g/mol. The van der Waals surface area contributed by atoms with Crippen molar-refractivity contribution in [1.82, 2.24) is 5.43 Å². The van der Waals surface area contributed by atoms with Crippen molar-refractivity contribution in [2.75, 3.05) is 13.7 Å². The lowest BCUT2D eigenvalue weighted by Gasteiger charge is -2.11. The zero-order chi connectivity index (χ0) is 24.3. The largest absolute Gasteiger partial charge is 0.493 e. The summed E-state index contributed by atoms with van der Waals surface area (Å²) in [4.78, 5) is 24.3. The Morgan fingerprint density at radius 2 is 1.85 bits per heavy atom. The summed E-state index contributed by atoms with van der Waals surface area (Å²) < 4.78 is 16.2. The fourth-order valence-corrected chi connectivity index (χ4v) is 3.02. The average molecular weight is 479 g/mol. The summed E-state index contributed by atoms with van der Waals surface area (Å²) in [5, 5.41) is 4.45. The Balaban J connectivity index is 1.52. The Labute approximate surface area is 202 Å². The number of nitrogens with zero attached hydrogens (tertiary/aromatic N) is 1. The Kier molecular flexibility index (Phi) is 8.82. The topological polar surface area (TPSA) is 86.2 Å². The molecule has 0 atom stereocenters. The van der Waals surface area contributed by atoms with Gasteiger partial charge in [-0.05, 0) is 66.1 Å². The molecule has 0 heterocycles. The number of nitrogens with one attached hydrogen (secondary N) is 1. The van der Waals surface area contributed by atoms with Gasteiger partial charge in [0.2, 0.25) is 0 Å². The third-order valence-electron chi connectivity index (χ3n) is 4.52. The van der Waals surface area contributed by atoms with Gasteiger partial charge in [-0.25, -0.2) is 10.2 Å². The van der Waals surface area contributed by atoms with Gasteiger partial charge in [0, 0.05) is 5.02 Å². The van der Waals surface area contributed by atoms with Crippen LogP contribution in [0.15, 0.2) is 84.5 Å².